The fourth-order valence-corrected chi connectivity index (χ4v) is 8.32. The van der Waals surface area contributed by atoms with Crippen LogP contribution in [0.3, 0.4) is 0 Å². The summed E-state index contributed by atoms with van der Waals surface area (Å²) in [6.07, 6.45) is -0.954. The Kier molecular flexibility index (Phi) is 4.49. The third-order valence-electron chi connectivity index (χ3n) is 9.70. The maximum Gasteiger partial charge on any atom is 0.342 e. The number of carbonyl (C=O) groups excluding carboxylic acids is 1. The highest BCUT2D eigenvalue weighted by Gasteiger charge is 2.82. The molecule has 1 saturated carbocycles. The van der Waals surface area contributed by atoms with Crippen LogP contribution in [-0.2, 0) is 32.0 Å². The largest absolute Gasteiger partial charge is 0.495 e. The number of carbonyl (C=O) groups is 1. The average Bonchev–Trinajstić information content (AvgIpc) is 3.27. The molecule has 2 bridgehead atoms. The number of aliphatic hydroxyl groups excluding tert-OH is 2. The summed E-state index contributed by atoms with van der Waals surface area (Å²) in [5.74, 6) is -1.11. The minimum Gasteiger partial charge on any atom is -0.495 e. The lowest BCUT2D eigenvalue weighted by Crippen LogP contribution is -2.78. The van der Waals surface area contributed by atoms with Crippen molar-refractivity contribution >= 4 is 5.97 Å². The summed E-state index contributed by atoms with van der Waals surface area (Å²) in [6.45, 7) is 9.91. The van der Waals surface area contributed by atoms with E-state index >= 15 is 0 Å². The molecule has 1 spiro atoms. The topological polar surface area (TPSA) is 113 Å². The van der Waals surface area contributed by atoms with Gasteiger partial charge in [-0.05, 0) is 46.1 Å². The highest BCUT2D eigenvalue weighted by Crippen LogP contribution is 2.70. The van der Waals surface area contributed by atoms with Gasteiger partial charge in [0.2, 0.25) is 0 Å². The fourth-order valence-electron chi connectivity index (χ4n) is 8.32. The van der Waals surface area contributed by atoms with Gasteiger partial charge in [0, 0.05) is 36.0 Å². The number of cyclic esters (lactones) is 1. The third kappa shape index (κ3) is 2.44. The summed E-state index contributed by atoms with van der Waals surface area (Å²) in [5.41, 5.74) is -0.813. The molecule has 2 N–H and O–H groups in total. The highest BCUT2D eigenvalue weighted by atomic mass is 16.9. The van der Waals surface area contributed by atoms with Crippen LogP contribution >= 0.6 is 0 Å². The molecular weight excluding hydrogens is 456 g/mol. The van der Waals surface area contributed by atoms with E-state index < -0.39 is 46.4 Å². The van der Waals surface area contributed by atoms with Crippen LogP contribution in [0.25, 0.3) is 0 Å². The number of hydrogen-bond acceptors (Lipinski definition) is 9. The molecule has 9 heteroatoms. The van der Waals surface area contributed by atoms with Gasteiger partial charge in [0.15, 0.2) is 0 Å². The van der Waals surface area contributed by atoms with Crippen LogP contribution < -0.4 is 9.47 Å². The molecule has 5 aliphatic rings. The van der Waals surface area contributed by atoms with Gasteiger partial charge in [-0.25, -0.2) is 4.79 Å². The van der Waals surface area contributed by atoms with E-state index in [1.54, 1.807) is 7.11 Å². The summed E-state index contributed by atoms with van der Waals surface area (Å²) in [6, 6.07) is 0. The lowest BCUT2D eigenvalue weighted by atomic mass is 9.45. The number of esters is 1. The van der Waals surface area contributed by atoms with Gasteiger partial charge in [-0.15, -0.1) is 0 Å². The lowest BCUT2D eigenvalue weighted by Gasteiger charge is -2.66. The van der Waals surface area contributed by atoms with Crippen LogP contribution in [0.2, 0.25) is 0 Å². The first-order valence-corrected chi connectivity index (χ1v) is 12.2. The van der Waals surface area contributed by atoms with E-state index in [1.165, 1.54) is 7.11 Å². The summed E-state index contributed by atoms with van der Waals surface area (Å²) in [5, 5.41) is 23.0. The second-order valence-electron chi connectivity index (χ2n) is 11.7. The molecule has 1 aromatic carbocycles. The van der Waals surface area contributed by atoms with E-state index in [-0.39, 0.29) is 18.9 Å². The number of hydrogen-bond donors (Lipinski definition) is 2. The fraction of sp³-hybridized carbons (Fsp3) is 0.731. The minimum absolute atomic E-state index is 0.182. The van der Waals surface area contributed by atoms with Crippen molar-refractivity contribution in [3.63, 3.8) is 0 Å². The van der Waals surface area contributed by atoms with Crippen LogP contribution in [0, 0.1) is 18.3 Å². The van der Waals surface area contributed by atoms with Gasteiger partial charge in [0.1, 0.15) is 46.6 Å². The maximum atomic E-state index is 12.6. The van der Waals surface area contributed by atoms with E-state index in [0.717, 1.165) is 16.7 Å². The van der Waals surface area contributed by atoms with Crippen molar-refractivity contribution in [1.29, 1.82) is 0 Å². The quantitative estimate of drug-likeness (QED) is 0.603. The molecule has 7 atom stereocenters. The molecular formula is C26H34O9. The first kappa shape index (κ1) is 23.5. The van der Waals surface area contributed by atoms with E-state index in [0.29, 0.717) is 29.9 Å². The van der Waals surface area contributed by atoms with Gasteiger partial charge in [-0.2, -0.15) is 0 Å². The van der Waals surface area contributed by atoms with Gasteiger partial charge < -0.3 is 38.6 Å². The monoisotopic (exact) mass is 490 g/mol. The summed E-state index contributed by atoms with van der Waals surface area (Å²) >= 11 is 0. The number of methoxy groups -OCH3 is 2. The molecule has 1 aromatic rings. The maximum absolute atomic E-state index is 12.6. The molecule has 9 nitrogen and oxygen atoms in total. The van der Waals surface area contributed by atoms with E-state index in [1.807, 2.05) is 34.6 Å². The first-order chi connectivity index (χ1) is 16.3. The standard InChI is InChI=1S/C26H34O9/c1-12-14-11-32-21(29)18(14)20(30-6)13-8-15-23(4)9-17(28)26(31-7)34-22(2,3)25(23,35-26)16(27)10-24(15,5)33-19(12)13/h15-17,27-28H,8-11H2,1-7H3/t15-,16+,17+,23+,24+,25-,26+/m0/s1. The van der Waals surface area contributed by atoms with Crippen LogP contribution in [0.4, 0.5) is 0 Å². The predicted molar refractivity (Wildman–Crippen MR) is 121 cm³/mol. The van der Waals surface area contributed by atoms with Crippen molar-refractivity contribution in [3.8, 4) is 11.5 Å². The smallest absolute Gasteiger partial charge is 0.342 e. The van der Waals surface area contributed by atoms with Crippen LogP contribution in [0.15, 0.2) is 0 Å². The Bertz CT molecular complexity index is 1150. The van der Waals surface area contributed by atoms with Gasteiger partial charge in [0.25, 0.3) is 0 Å². The number of ether oxygens (including phenoxy) is 6. The van der Waals surface area contributed by atoms with Crippen molar-refractivity contribution in [1.82, 2.24) is 0 Å². The Labute approximate surface area is 204 Å². The molecule has 4 heterocycles. The molecule has 0 unspecified atom stereocenters. The number of fused-ring (bicyclic) bond motifs is 5. The van der Waals surface area contributed by atoms with E-state index in [4.69, 9.17) is 28.4 Å². The van der Waals surface area contributed by atoms with E-state index in [9.17, 15) is 15.0 Å². The average molecular weight is 491 g/mol. The Hall–Kier alpha value is -1.91. The van der Waals surface area contributed by atoms with Crippen LogP contribution in [0.5, 0.6) is 11.5 Å². The zero-order chi connectivity index (χ0) is 25.3. The SMILES string of the molecule is COc1c2c(c(C)c3c1C(=O)OC3)O[C@]1(C)C[C@@H](O)[C@]34O[C@](OC)(OC3(C)C)[C@H](O)C[C@]4(C)[C@@H]1C2. The van der Waals surface area contributed by atoms with E-state index in [2.05, 4.69) is 0 Å². The second kappa shape index (κ2) is 6.69. The molecule has 0 amide bonds. The highest BCUT2D eigenvalue weighted by molar-refractivity contribution is 5.98. The molecule has 1 aliphatic carbocycles. The number of aliphatic hydroxyl groups is 2. The van der Waals surface area contributed by atoms with Crippen molar-refractivity contribution in [2.24, 2.45) is 11.3 Å². The molecule has 35 heavy (non-hydrogen) atoms. The summed E-state index contributed by atoms with van der Waals surface area (Å²) in [4.78, 5) is 12.6. The summed E-state index contributed by atoms with van der Waals surface area (Å²) < 4.78 is 36.3. The number of benzene rings is 1. The Morgan fingerprint density at radius 2 is 1.71 bits per heavy atom. The minimum atomic E-state index is -1.65. The van der Waals surface area contributed by atoms with Crippen LogP contribution in [0.1, 0.15) is 67.6 Å². The molecule has 4 aliphatic heterocycles. The van der Waals surface area contributed by atoms with Crippen molar-refractivity contribution in [3.05, 3.63) is 22.3 Å². The second-order valence-corrected chi connectivity index (χ2v) is 11.7. The third-order valence-corrected chi connectivity index (χ3v) is 9.70. The molecule has 0 aromatic heterocycles. The molecule has 6 rings (SSSR count). The first-order valence-electron chi connectivity index (χ1n) is 12.2. The number of rotatable bonds is 2. The normalized spacial score (nSPS) is 44.5. The van der Waals surface area contributed by atoms with Crippen LogP contribution in [-0.4, -0.2) is 65.4 Å². The Morgan fingerprint density at radius 1 is 1.00 bits per heavy atom. The van der Waals surface area contributed by atoms with Gasteiger partial charge >= 0.3 is 11.9 Å². The predicted octanol–water partition coefficient (Wildman–Crippen LogP) is 2.38. The van der Waals surface area contributed by atoms with Gasteiger partial charge in [-0.1, -0.05) is 6.92 Å². The van der Waals surface area contributed by atoms with Gasteiger partial charge in [-0.3, -0.25) is 0 Å². The van der Waals surface area contributed by atoms with Crippen molar-refractivity contribution in [2.75, 3.05) is 14.2 Å². The Balaban J connectivity index is 1.57. The zero-order valence-corrected chi connectivity index (χ0v) is 21.3. The van der Waals surface area contributed by atoms with Crippen molar-refractivity contribution in [2.45, 2.75) is 95.5 Å². The molecule has 3 fully saturated rings. The Morgan fingerprint density at radius 3 is 2.37 bits per heavy atom. The molecule has 2 saturated heterocycles. The van der Waals surface area contributed by atoms with Crippen molar-refractivity contribution < 1.29 is 43.4 Å². The summed E-state index contributed by atoms with van der Waals surface area (Å²) in [7, 11) is 2.99. The van der Waals surface area contributed by atoms with Gasteiger partial charge in [0.05, 0.1) is 13.2 Å². The molecule has 0 radical (unpaired) electrons. The lowest BCUT2D eigenvalue weighted by molar-refractivity contribution is -0.423. The molecule has 192 valence electrons. The zero-order valence-electron chi connectivity index (χ0n) is 21.3.